The van der Waals surface area contributed by atoms with E-state index >= 15 is 0 Å². The number of halogens is 1. The highest BCUT2D eigenvalue weighted by Gasteiger charge is 2.30. The molecule has 0 aliphatic carbocycles. The van der Waals surface area contributed by atoms with E-state index in [1.165, 1.54) is 12.1 Å². The van der Waals surface area contributed by atoms with Crippen molar-refractivity contribution >= 4 is 16.8 Å². The molecule has 1 aromatic carbocycles. The quantitative estimate of drug-likeness (QED) is 0.862. The van der Waals surface area contributed by atoms with E-state index in [0.29, 0.717) is 17.5 Å². The van der Waals surface area contributed by atoms with Crippen molar-refractivity contribution in [2.45, 2.75) is 33.2 Å². The zero-order valence-corrected chi connectivity index (χ0v) is 16.2. The number of hydrogen-bond acceptors (Lipinski definition) is 3. The topological polar surface area (TPSA) is 51.4 Å². The number of aryl methyl sites for hydroxylation is 1. The fourth-order valence-electron chi connectivity index (χ4n) is 3.76. The number of rotatable bonds is 5. The number of carbonyl (C=O) groups excluding carboxylic acids is 1. The first-order valence-electron chi connectivity index (χ1n) is 9.35. The fraction of sp³-hybridized carbons (Fsp3) is 0.550. The van der Waals surface area contributed by atoms with Gasteiger partial charge in [0, 0.05) is 54.9 Å². The average Bonchev–Trinajstić information content (AvgIpc) is 2.95. The molecule has 0 saturated carbocycles. The van der Waals surface area contributed by atoms with Gasteiger partial charge in [-0.25, -0.2) is 4.39 Å². The lowest BCUT2D eigenvalue weighted by atomic mass is 10.0. The summed E-state index contributed by atoms with van der Waals surface area (Å²) in [5, 5.41) is 3.70. The Morgan fingerprint density at radius 2 is 1.96 bits per heavy atom. The lowest BCUT2D eigenvalue weighted by Crippen LogP contribution is -2.58. The van der Waals surface area contributed by atoms with Gasteiger partial charge in [-0.15, -0.1) is 0 Å². The van der Waals surface area contributed by atoms with Crippen LogP contribution in [-0.2, 0) is 0 Å². The highest BCUT2D eigenvalue weighted by Crippen LogP contribution is 2.23. The number of benzene rings is 1. The highest BCUT2D eigenvalue weighted by atomic mass is 19.1. The highest BCUT2D eigenvalue weighted by molar-refractivity contribution is 6.08. The van der Waals surface area contributed by atoms with E-state index < -0.39 is 0 Å². The fourth-order valence-corrected chi connectivity index (χ4v) is 3.76. The third-order valence-corrected chi connectivity index (χ3v) is 5.53. The first-order chi connectivity index (χ1) is 12.3. The smallest absolute Gasteiger partial charge is 0.253 e. The molecule has 26 heavy (non-hydrogen) atoms. The summed E-state index contributed by atoms with van der Waals surface area (Å²) < 4.78 is 13.6. The summed E-state index contributed by atoms with van der Waals surface area (Å²) in [6.07, 6.45) is 0. The summed E-state index contributed by atoms with van der Waals surface area (Å²) in [4.78, 5) is 20.8. The van der Waals surface area contributed by atoms with Gasteiger partial charge in [-0.2, -0.15) is 0 Å². The maximum Gasteiger partial charge on any atom is 0.253 e. The van der Waals surface area contributed by atoms with E-state index in [-0.39, 0.29) is 17.3 Å². The molecule has 1 amide bonds. The van der Waals surface area contributed by atoms with Gasteiger partial charge in [0.05, 0.1) is 5.56 Å². The first-order valence-corrected chi connectivity index (χ1v) is 9.35. The van der Waals surface area contributed by atoms with Crippen LogP contribution in [0.5, 0.6) is 0 Å². The van der Waals surface area contributed by atoms with Crippen molar-refractivity contribution in [2.24, 2.45) is 0 Å². The number of piperazine rings is 1. The number of nitrogens with one attached hydrogen (secondary N) is 2. The minimum Gasteiger partial charge on any atom is -0.358 e. The van der Waals surface area contributed by atoms with Gasteiger partial charge >= 0.3 is 0 Å². The van der Waals surface area contributed by atoms with Gasteiger partial charge in [-0.1, -0.05) is 6.92 Å². The molecule has 3 rings (SSSR count). The number of aromatic nitrogens is 1. The second-order valence-corrected chi connectivity index (χ2v) is 7.73. The molecular weight excluding hydrogens is 331 g/mol. The Kier molecular flexibility index (Phi) is 5.34. The zero-order valence-electron chi connectivity index (χ0n) is 16.2. The molecule has 2 heterocycles. The van der Waals surface area contributed by atoms with Crippen LogP contribution in [0.15, 0.2) is 18.2 Å². The van der Waals surface area contributed by atoms with Crippen molar-refractivity contribution in [2.75, 3.05) is 39.3 Å². The molecule has 2 aromatic rings. The molecule has 2 N–H and O–H groups in total. The van der Waals surface area contributed by atoms with Crippen LogP contribution in [0.4, 0.5) is 4.39 Å². The molecule has 0 radical (unpaired) electrons. The minimum absolute atomic E-state index is 0.124. The molecule has 0 bridgehead atoms. The number of H-pyrrole nitrogens is 1. The second-order valence-electron chi connectivity index (χ2n) is 7.73. The third kappa shape index (κ3) is 3.76. The van der Waals surface area contributed by atoms with Crippen molar-refractivity contribution in [3.05, 3.63) is 35.3 Å². The van der Waals surface area contributed by atoms with Crippen molar-refractivity contribution in [3.63, 3.8) is 0 Å². The second kappa shape index (κ2) is 7.37. The number of amides is 1. The van der Waals surface area contributed by atoms with Gasteiger partial charge in [-0.05, 0) is 45.5 Å². The lowest BCUT2D eigenvalue weighted by molar-refractivity contribution is 0.0521. The van der Waals surface area contributed by atoms with Crippen LogP contribution in [0.1, 0.15) is 36.8 Å². The molecule has 5 nitrogen and oxygen atoms in total. The number of hydrogen-bond donors (Lipinski definition) is 2. The van der Waals surface area contributed by atoms with E-state index in [2.05, 4.69) is 40.9 Å². The summed E-state index contributed by atoms with van der Waals surface area (Å²) in [5.74, 6) is -0.487. The Labute approximate surface area is 154 Å². The predicted molar refractivity (Wildman–Crippen MR) is 103 cm³/mol. The van der Waals surface area contributed by atoms with Crippen molar-refractivity contribution < 1.29 is 9.18 Å². The van der Waals surface area contributed by atoms with Gasteiger partial charge in [0.2, 0.25) is 0 Å². The predicted octanol–water partition coefficient (Wildman–Crippen LogP) is 2.76. The molecule has 6 heteroatoms. The number of nitrogens with zero attached hydrogens (tertiary/aromatic N) is 2. The van der Waals surface area contributed by atoms with Gasteiger partial charge in [0.15, 0.2) is 0 Å². The van der Waals surface area contributed by atoms with E-state index in [4.69, 9.17) is 0 Å². The monoisotopic (exact) mass is 360 g/mol. The van der Waals surface area contributed by atoms with Crippen LogP contribution >= 0.6 is 0 Å². The van der Waals surface area contributed by atoms with Crippen LogP contribution in [0, 0.1) is 12.7 Å². The lowest BCUT2D eigenvalue weighted by Gasteiger charge is -2.44. The van der Waals surface area contributed by atoms with Crippen LogP contribution in [0.25, 0.3) is 10.9 Å². The van der Waals surface area contributed by atoms with Crippen LogP contribution in [0.3, 0.4) is 0 Å². The minimum atomic E-state index is -0.334. The third-order valence-electron chi connectivity index (χ3n) is 5.53. The number of fused-ring (bicyclic) bond motifs is 1. The molecule has 0 unspecified atom stereocenters. The Balaban J connectivity index is 1.69. The number of aromatic amines is 1. The van der Waals surface area contributed by atoms with E-state index in [1.807, 2.05) is 6.92 Å². The average molecular weight is 360 g/mol. The maximum atomic E-state index is 13.6. The maximum absolute atomic E-state index is 13.6. The van der Waals surface area contributed by atoms with Crippen LogP contribution in [0.2, 0.25) is 0 Å². The molecule has 0 spiro atoms. The van der Waals surface area contributed by atoms with Crippen molar-refractivity contribution in [1.29, 1.82) is 0 Å². The number of likely N-dealkylation sites (N-methyl/N-ethyl adjacent to an activating group) is 1. The SMILES string of the molecule is CCN1CCN(C(C)(C)CNC(=O)c2c(C)[nH]c3ccc(F)cc23)CC1. The van der Waals surface area contributed by atoms with Crippen LogP contribution < -0.4 is 5.32 Å². The molecule has 0 atom stereocenters. The van der Waals surface area contributed by atoms with Crippen molar-refractivity contribution in [3.8, 4) is 0 Å². The molecule has 1 fully saturated rings. The van der Waals surface area contributed by atoms with Crippen LogP contribution in [-0.4, -0.2) is 65.5 Å². The molecule has 1 aliphatic rings. The standard InChI is InChI=1S/C20H29FN4O/c1-5-24-8-10-25(11-9-24)20(3,4)13-22-19(26)18-14(2)23-17-7-6-15(21)12-16(17)18/h6-7,12,23H,5,8-11,13H2,1-4H3,(H,22,26). The van der Waals surface area contributed by atoms with Crippen molar-refractivity contribution in [1.82, 2.24) is 20.1 Å². The molecule has 1 aliphatic heterocycles. The van der Waals surface area contributed by atoms with Gasteiger partial charge in [-0.3, -0.25) is 9.69 Å². The Morgan fingerprint density at radius 3 is 2.62 bits per heavy atom. The molecular formula is C20H29FN4O. The zero-order chi connectivity index (χ0) is 18.9. The molecule has 1 aromatic heterocycles. The van der Waals surface area contributed by atoms with Gasteiger partial charge < -0.3 is 15.2 Å². The first kappa shape index (κ1) is 18.9. The Bertz CT molecular complexity index is 790. The van der Waals surface area contributed by atoms with Gasteiger partial charge in [0.1, 0.15) is 5.82 Å². The number of carbonyl (C=O) groups is 1. The summed E-state index contributed by atoms with van der Waals surface area (Å²) in [7, 11) is 0. The Hall–Kier alpha value is -1.92. The molecule has 142 valence electrons. The molecule has 1 saturated heterocycles. The van der Waals surface area contributed by atoms with Gasteiger partial charge in [0.25, 0.3) is 5.91 Å². The van der Waals surface area contributed by atoms with E-state index in [1.54, 1.807) is 6.07 Å². The largest absolute Gasteiger partial charge is 0.358 e. The summed E-state index contributed by atoms with van der Waals surface area (Å²) in [6, 6.07) is 4.49. The van der Waals surface area contributed by atoms with E-state index in [0.717, 1.165) is 43.9 Å². The normalized spacial score (nSPS) is 17.0. The van der Waals surface area contributed by atoms with E-state index in [9.17, 15) is 9.18 Å². The summed E-state index contributed by atoms with van der Waals surface area (Å²) in [5.41, 5.74) is 1.95. The summed E-state index contributed by atoms with van der Waals surface area (Å²) >= 11 is 0. The Morgan fingerprint density at radius 1 is 1.27 bits per heavy atom. The summed E-state index contributed by atoms with van der Waals surface area (Å²) in [6.45, 7) is 14.1.